The second-order valence-electron chi connectivity index (χ2n) is 15.0. The number of ether oxygens (including phenoxy) is 2. The number of nitrogen functional groups attached to an aromatic ring is 1. The lowest BCUT2D eigenvalue weighted by Gasteiger charge is -2.40. The van der Waals surface area contributed by atoms with Crippen LogP contribution in [0.3, 0.4) is 0 Å². The SMILES string of the molecule is COc1cc(N2CCC(CN3CCN(c4ccc(Oc5cc6oc7ccccc7c(=O)c6nc5N)cc4)CC3)CC2)cc2c1CN(C1CCC(=O)NC1=O)C2=O. The minimum absolute atomic E-state index is 0.117. The second-order valence-corrected chi connectivity index (χ2v) is 15.0. The summed E-state index contributed by atoms with van der Waals surface area (Å²) in [5.74, 6) is 1.37. The standard InChI is InChI=1S/C42H43N7O7/c1-54-34-21-27(20-30-31(34)24-49(42(30)53)32-10-11-37(50)44-41(32)52)47-14-12-25(13-15-47)23-46-16-18-48(19-17-46)26-6-8-28(9-7-26)55-36-22-35-38(45-40(36)43)39(51)29-4-2-3-5-33(29)56-35/h2-9,20-22,25,32H,10-19,23-24H2,1H3,(H2,43,45)(H,44,50,52). The molecule has 0 bridgehead atoms. The summed E-state index contributed by atoms with van der Waals surface area (Å²) >= 11 is 0. The predicted octanol–water partition coefficient (Wildman–Crippen LogP) is 4.52. The van der Waals surface area contributed by atoms with Gasteiger partial charge in [-0.15, -0.1) is 0 Å². The Morgan fingerprint density at radius 2 is 1.59 bits per heavy atom. The molecule has 3 aromatic carbocycles. The molecule has 2 aromatic heterocycles. The summed E-state index contributed by atoms with van der Waals surface area (Å²) in [6.07, 6.45) is 2.66. The molecule has 288 valence electrons. The predicted molar refractivity (Wildman–Crippen MR) is 211 cm³/mol. The quantitative estimate of drug-likeness (QED) is 0.168. The van der Waals surface area contributed by atoms with Crippen LogP contribution in [0.2, 0.25) is 0 Å². The number of para-hydroxylation sites is 1. The molecule has 14 nitrogen and oxygen atoms in total. The summed E-state index contributed by atoms with van der Waals surface area (Å²) in [6.45, 7) is 6.92. The third-order valence-electron chi connectivity index (χ3n) is 11.7. The molecule has 9 rings (SSSR count). The first kappa shape index (κ1) is 35.5. The Kier molecular flexibility index (Phi) is 9.20. The first-order valence-electron chi connectivity index (χ1n) is 19.2. The highest BCUT2D eigenvalue weighted by Gasteiger charge is 2.41. The summed E-state index contributed by atoms with van der Waals surface area (Å²) in [6, 6.07) is 19.9. The van der Waals surface area contributed by atoms with Crippen molar-refractivity contribution in [3.05, 3.63) is 88.1 Å². The number of piperazine rings is 1. The van der Waals surface area contributed by atoms with Crippen molar-refractivity contribution in [2.24, 2.45) is 5.92 Å². The topological polar surface area (TPSA) is 164 Å². The number of nitrogens with zero attached hydrogens (tertiary/aromatic N) is 5. The Morgan fingerprint density at radius 3 is 2.34 bits per heavy atom. The molecule has 3 fully saturated rings. The van der Waals surface area contributed by atoms with Crippen molar-refractivity contribution in [2.75, 3.05) is 68.5 Å². The minimum Gasteiger partial charge on any atom is -0.496 e. The summed E-state index contributed by atoms with van der Waals surface area (Å²) in [5, 5.41) is 2.83. The molecule has 0 saturated carbocycles. The number of rotatable bonds is 8. The van der Waals surface area contributed by atoms with Gasteiger partial charge in [0.25, 0.3) is 5.91 Å². The van der Waals surface area contributed by atoms with Crippen LogP contribution in [0.15, 0.2) is 75.9 Å². The fourth-order valence-electron chi connectivity index (χ4n) is 8.56. The Balaban J connectivity index is 0.773. The van der Waals surface area contributed by atoms with Crippen LogP contribution < -0.4 is 35.8 Å². The van der Waals surface area contributed by atoms with Gasteiger partial charge < -0.3 is 34.3 Å². The van der Waals surface area contributed by atoms with Crippen molar-refractivity contribution < 1.29 is 28.3 Å². The van der Waals surface area contributed by atoms with Crippen LogP contribution in [-0.2, 0) is 16.1 Å². The summed E-state index contributed by atoms with van der Waals surface area (Å²) in [4.78, 5) is 63.9. The Bertz CT molecular complexity index is 2420. The first-order chi connectivity index (χ1) is 27.2. The summed E-state index contributed by atoms with van der Waals surface area (Å²) in [7, 11) is 1.61. The number of pyridine rings is 1. The van der Waals surface area contributed by atoms with Gasteiger partial charge in [-0.2, -0.15) is 0 Å². The van der Waals surface area contributed by atoms with E-state index in [1.807, 2.05) is 42.5 Å². The fourth-order valence-corrected chi connectivity index (χ4v) is 8.56. The van der Waals surface area contributed by atoms with E-state index in [0.29, 0.717) is 58.2 Å². The van der Waals surface area contributed by atoms with Gasteiger partial charge >= 0.3 is 0 Å². The van der Waals surface area contributed by atoms with E-state index in [1.165, 1.54) is 0 Å². The van der Waals surface area contributed by atoms with Gasteiger partial charge in [-0.25, -0.2) is 4.98 Å². The third kappa shape index (κ3) is 6.63. The molecule has 6 heterocycles. The van der Waals surface area contributed by atoms with Crippen molar-refractivity contribution in [2.45, 2.75) is 38.3 Å². The van der Waals surface area contributed by atoms with Crippen LogP contribution in [0, 0.1) is 5.92 Å². The first-order valence-corrected chi connectivity index (χ1v) is 19.2. The van der Waals surface area contributed by atoms with Crippen molar-refractivity contribution in [1.82, 2.24) is 20.1 Å². The number of piperidine rings is 2. The number of aromatic nitrogens is 1. The molecule has 0 radical (unpaired) electrons. The maximum atomic E-state index is 13.5. The van der Waals surface area contributed by atoms with E-state index in [1.54, 1.807) is 36.3 Å². The molecule has 4 aliphatic rings. The molecular weight excluding hydrogens is 715 g/mol. The molecule has 5 aromatic rings. The van der Waals surface area contributed by atoms with Gasteiger partial charge in [0.1, 0.15) is 23.1 Å². The maximum Gasteiger partial charge on any atom is 0.255 e. The normalized spacial score (nSPS) is 19.5. The summed E-state index contributed by atoms with van der Waals surface area (Å²) < 4.78 is 17.8. The van der Waals surface area contributed by atoms with Crippen molar-refractivity contribution in [3.63, 3.8) is 0 Å². The molecule has 4 aliphatic heterocycles. The largest absolute Gasteiger partial charge is 0.496 e. The van der Waals surface area contributed by atoms with Gasteiger partial charge in [0.15, 0.2) is 22.7 Å². The Hall–Kier alpha value is -6.15. The van der Waals surface area contributed by atoms with E-state index >= 15 is 0 Å². The number of amides is 3. The Labute approximate surface area is 322 Å². The smallest absolute Gasteiger partial charge is 0.255 e. The van der Waals surface area contributed by atoms with E-state index < -0.39 is 11.9 Å². The summed E-state index contributed by atoms with van der Waals surface area (Å²) in [5.41, 5.74) is 10.4. The van der Waals surface area contributed by atoms with Crippen LogP contribution in [0.4, 0.5) is 17.2 Å². The number of fused-ring (bicyclic) bond motifs is 3. The lowest BCUT2D eigenvalue weighted by Crippen LogP contribution is -2.52. The van der Waals surface area contributed by atoms with Gasteiger partial charge in [-0.1, -0.05) is 12.1 Å². The monoisotopic (exact) mass is 757 g/mol. The second kappa shape index (κ2) is 14.5. The molecule has 1 atom stereocenters. The van der Waals surface area contributed by atoms with Gasteiger partial charge in [-0.05, 0) is 67.6 Å². The van der Waals surface area contributed by atoms with Gasteiger partial charge in [0.05, 0.1) is 24.6 Å². The van der Waals surface area contributed by atoms with Gasteiger partial charge in [-0.3, -0.25) is 29.4 Å². The zero-order valence-electron chi connectivity index (χ0n) is 31.2. The third-order valence-corrected chi connectivity index (χ3v) is 11.7. The van der Waals surface area contributed by atoms with E-state index in [2.05, 4.69) is 25.0 Å². The van der Waals surface area contributed by atoms with E-state index in [-0.39, 0.29) is 35.0 Å². The lowest BCUT2D eigenvalue weighted by molar-refractivity contribution is -0.136. The average molecular weight is 758 g/mol. The molecule has 14 heteroatoms. The number of benzene rings is 3. The highest BCUT2D eigenvalue weighted by atomic mass is 16.5. The zero-order valence-corrected chi connectivity index (χ0v) is 31.2. The van der Waals surface area contributed by atoms with Gasteiger partial charge in [0.2, 0.25) is 17.2 Å². The van der Waals surface area contributed by atoms with E-state index in [4.69, 9.17) is 19.6 Å². The minimum atomic E-state index is -0.658. The molecule has 3 N–H and O–H groups in total. The van der Waals surface area contributed by atoms with Crippen LogP contribution in [-0.4, -0.2) is 91.5 Å². The zero-order chi connectivity index (χ0) is 38.5. The lowest BCUT2D eigenvalue weighted by atomic mass is 9.95. The van der Waals surface area contributed by atoms with Gasteiger partial charge in [0, 0.05) is 81.3 Å². The van der Waals surface area contributed by atoms with E-state index in [9.17, 15) is 19.2 Å². The molecule has 0 aliphatic carbocycles. The van der Waals surface area contributed by atoms with Crippen molar-refractivity contribution >= 4 is 57.0 Å². The number of imide groups is 1. The molecule has 3 saturated heterocycles. The number of anilines is 3. The average Bonchev–Trinajstić information content (AvgIpc) is 3.54. The number of methoxy groups -OCH3 is 1. The van der Waals surface area contributed by atoms with Crippen molar-refractivity contribution in [1.29, 1.82) is 0 Å². The fraction of sp³-hybridized carbons (Fsp3) is 0.357. The molecule has 0 spiro atoms. The van der Waals surface area contributed by atoms with Crippen LogP contribution in [0.1, 0.15) is 41.6 Å². The number of hydrogen-bond donors (Lipinski definition) is 2. The highest BCUT2D eigenvalue weighted by Crippen LogP contribution is 2.38. The Morgan fingerprint density at radius 1 is 0.839 bits per heavy atom. The van der Waals surface area contributed by atoms with Crippen LogP contribution in [0.25, 0.3) is 22.1 Å². The molecule has 56 heavy (non-hydrogen) atoms. The number of nitrogens with two attached hydrogens (primary N) is 1. The van der Waals surface area contributed by atoms with Crippen LogP contribution in [0.5, 0.6) is 17.2 Å². The highest BCUT2D eigenvalue weighted by molar-refractivity contribution is 6.06. The van der Waals surface area contributed by atoms with Crippen LogP contribution >= 0.6 is 0 Å². The maximum absolute atomic E-state index is 13.5. The van der Waals surface area contributed by atoms with E-state index in [0.717, 1.165) is 75.6 Å². The number of nitrogens with one attached hydrogen (secondary N) is 1. The molecular formula is C42H43N7O7. The number of carbonyl (C=O) groups excluding carboxylic acids is 3. The number of carbonyl (C=O) groups is 3. The van der Waals surface area contributed by atoms with Crippen molar-refractivity contribution in [3.8, 4) is 17.2 Å². The molecule has 1 unspecified atom stereocenters. The molecule has 3 amide bonds. The number of hydrogen-bond acceptors (Lipinski definition) is 12.